The zero-order valence-corrected chi connectivity index (χ0v) is 16.1. The fraction of sp³-hybridized carbons (Fsp3) is 0.556. The summed E-state index contributed by atoms with van der Waals surface area (Å²) in [5.74, 6) is -1.19. The maximum absolute atomic E-state index is 10.5. The molecule has 0 heterocycles. The van der Waals surface area contributed by atoms with Crippen LogP contribution in [0.25, 0.3) is 0 Å². The van der Waals surface area contributed by atoms with Crippen molar-refractivity contribution in [1.82, 2.24) is 0 Å². The topological polar surface area (TPSA) is 37.3 Å². The van der Waals surface area contributed by atoms with E-state index in [0.29, 0.717) is 0 Å². The summed E-state index contributed by atoms with van der Waals surface area (Å²) >= 11 is 0. The molecule has 2 nitrogen and oxygen atoms in total. The Morgan fingerprint density at radius 3 is 2.19 bits per heavy atom. The number of hydrogen-bond donors (Lipinski definition) is 1. The SMILES string of the molecule is CC(C(=O)O)c1ccccc1.C[CH-]CCCCCCC.[Na+]. The van der Waals surface area contributed by atoms with Crippen molar-refractivity contribution in [3.8, 4) is 0 Å². The quantitative estimate of drug-likeness (QED) is 0.455. The summed E-state index contributed by atoms with van der Waals surface area (Å²) in [5.41, 5.74) is 0.847. The van der Waals surface area contributed by atoms with Gasteiger partial charge in [0.15, 0.2) is 0 Å². The smallest absolute Gasteiger partial charge is 0.481 e. The Morgan fingerprint density at radius 2 is 1.71 bits per heavy atom. The van der Waals surface area contributed by atoms with Crippen LogP contribution in [0.5, 0.6) is 0 Å². The van der Waals surface area contributed by atoms with Crippen molar-refractivity contribution in [1.29, 1.82) is 0 Å². The summed E-state index contributed by atoms with van der Waals surface area (Å²) < 4.78 is 0. The molecular formula is C18H29NaO2. The van der Waals surface area contributed by atoms with Gasteiger partial charge in [0.2, 0.25) is 0 Å². The Hall–Kier alpha value is -0.310. The minimum Gasteiger partial charge on any atom is -0.481 e. The zero-order chi connectivity index (χ0) is 15.2. The van der Waals surface area contributed by atoms with Gasteiger partial charge in [-0.15, -0.1) is 0 Å². The van der Waals surface area contributed by atoms with E-state index in [2.05, 4.69) is 20.3 Å². The predicted octanol–water partition coefficient (Wildman–Crippen LogP) is 2.45. The molecule has 0 aliphatic carbocycles. The number of carboxylic acid groups (broad SMARTS) is 1. The van der Waals surface area contributed by atoms with Gasteiger partial charge in [-0.25, -0.2) is 0 Å². The third-order valence-electron chi connectivity index (χ3n) is 3.27. The molecule has 0 spiro atoms. The molecule has 0 fully saturated rings. The molecule has 114 valence electrons. The van der Waals surface area contributed by atoms with E-state index in [1.807, 2.05) is 30.3 Å². The molecular weight excluding hydrogens is 271 g/mol. The van der Waals surface area contributed by atoms with Crippen molar-refractivity contribution in [3.05, 3.63) is 42.3 Å². The molecule has 1 aromatic rings. The minimum atomic E-state index is -0.781. The molecule has 1 N–H and O–H groups in total. The van der Waals surface area contributed by atoms with E-state index in [-0.39, 0.29) is 29.6 Å². The molecule has 1 aromatic carbocycles. The minimum absolute atomic E-state index is 0. The fourth-order valence-corrected chi connectivity index (χ4v) is 1.84. The Morgan fingerprint density at radius 1 is 1.14 bits per heavy atom. The van der Waals surface area contributed by atoms with Crippen molar-refractivity contribution >= 4 is 5.97 Å². The molecule has 1 unspecified atom stereocenters. The molecule has 1 rings (SSSR count). The fourth-order valence-electron chi connectivity index (χ4n) is 1.84. The van der Waals surface area contributed by atoms with Gasteiger partial charge in [0, 0.05) is 0 Å². The summed E-state index contributed by atoms with van der Waals surface area (Å²) in [4.78, 5) is 10.5. The van der Waals surface area contributed by atoms with E-state index in [9.17, 15) is 4.79 Å². The van der Waals surface area contributed by atoms with E-state index < -0.39 is 11.9 Å². The number of rotatable bonds is 8. The number of benzene rings is 1. The number of unbranched alkanes of at least 4 members (excludes halogenated alkanes) is 6. The number of carboxylic acids is 1. The Balaban J connectivity index is 0. The van der Waals surface area contributed by atoms with Crippen molar-refractivity contribution in [2.45, 2.75) is 65.2 Å². The molecule has 0 radical (unpaired) electrons. The molecule has 3 heteroatoms. The van der Waals surface area contributed by atoms with E-state index in [1.54, 1.807) is 6.92 Å². The monoisotopic (exact) mass is 300 g/mol. The van der Waals surface area contributed by atoms with Gasteiger partial charge in [-0.1, -0.05) is 69.4 Å². The Kier molecular flexibility index (Phi) is 17.6. The third kappa shape index (κ3) is 13.1. The van der Waals surface area contributed by atoms with Crippen molar-refractivity contribution < 1.29 is 39.5 Å². The maximum Gasteiger partial charge on any atom is 1.00 e. The largest absolute Gasteiger partial charge is 1.00 e. The van der Waals surface area contributed by atoms with Crippen LogP contribution in [0.4, 0.5) is 0 Å². The summed E-state index contributed by atoms with van der Waals surface area (Å²) in [5, 5.41) is 8.64. The molecule has 0 saturated heterocycles. The summed E-state index contributed by atoms with van der Waals surface area (Å²) in [6.45, 7) is 6.07. The van der Waals surface area contributed by atoms with Crippen LogP contribution in [0, 0.1) is 6.42 Å². The van der Waals surface area contributed by atoms with Crippen molar-refractivity contribution in [2.75, 3.05) is 0 Å². The summed E-state index contributed by atoms with van der Waals surface area (Å²) in [6, 6.07) is 9.19. The Bertz CT molecular complexity index is 332. The van der Waals surface area contributed by atoms with Crippen LogP contribution in [0.1, 0.15) is 70.8 Å². The second kappa shape index (κ2) is 16.1. The van der Waals surface area contributed by atoms with Crippen LogP contribution in [-0.4, -0.2) is 11.1 Å². The molecule has 0 amide bonds. The van der Waals surface area contributed by atoms with Gasteiger partial charge in [-0.3, -0.25) is 4.79 Å². The third-order valence-corrected chi connectivity index (χ3v) is 3.27. The maximum atomic E-state index is 10.5. The average molecular weight is 300 g/mol. The van der Waals surface area contributed by atoms with E-state index in [0.717, 1.165) is 5.56 Å². The van der Waals surface area contributed by atoms with Crippen LogP contribution >= 0.6 is 0 Å². The van der Waals surface area contributed by atoms with Crippen molar-refractivity contribution in [2.24, 2.45) is 0 Å². The van der Waals surface area contributed by atoms with Gasteiger partial charge in [0.05, 0.1) is 5.92 Å². The molecule has 21 heavy (non-hydrogen) atoms. The second-order valence-electron chi connectivity index (χ2n) is 5.08. The molecule has 1 atom stereocenters. The normalized spacial score (nSPS) is 10.8. The summed E-state index contributed by atoms with van der Waals surface area (Å²) in [7, 11) is 0. The van der Waals surface area contributed by atoms with Crippen LogP contribution in [0.3, 0.4) is 0 Å². The van der Waals surface area contributed by atoms with Gasteiger partial charge in [-0.2, -0.15) is 13.3 Å². The molecule has 0 bridgehead atoms. The van der Waals surface area contributed by atoms with E-state index in [1.165, 1.54) is 38.5 Å². The average Bonchev–Trinajstić information content (AvgIpc) is 2.48. The predicted molar refractivity (Wildman–Crippen MR) is 85.8 cm³/mol. The zero-order valence-electron chi connectivity index (χ0n) is 14.1. The van der Waals surface area contributed by atoms with E-state index in [4.69, 9.17) is 5.11 Å². The standard InChI is InChI=1S/C9H10O2.C9H19.Na/c1-7(9(10)11)8-5-3-2-4-6-8;1-3-5-7-9-8-6-4-2;/h2-7H,1H3,(H,10,11);3H,4-9H2,1-2H3;/q;-1;+1. The van der Waals surface area contributed by atoms with Crippen LogP contribution in [0.2, 0.25) is 0 Å². The van der Waals surface area contributed by atoms with Gasteiger partial charge >= 0.3 is 35.5 Å². The molecule has 0 aliphatic rings. The first-order chi connectivity index (χ1) is 9.63. The summed E-state index contributed by atoms with van der Waals surface area (Å²) in [6.07, 6.45) is 10.6. The molecule has 0 aliphatic heterocycles. The molecule has 0 saturated carbocycles. The first-order valence-corrected chi connectivity index (χ1v) is 7.69. The van der Waals surface area contributed by atoms with Crippen molar-refractivity contribution in [3.63, 3.8) is 0 Å². The first kappa shape index (κ1) is 23.0. The Labute approximate surface area is 152 Å². The number of aliphatic carboxylic acids is 1. The number of hydrogen-bond acceptors (Lipinski definition) is 1. The van der Waals surface area contributed by atoms with Gasteiger partial charge < -0.3 is 11.5 Å². The molecule has 0 aromatic heterocycles. The van der Waals surface area contributed by atoms with Crippen LogP contribution in [0.15, 0.2) is 30.3 Å². The second-order valence-corrected chi connectivity index (χ2v) is 5.08. The first-order valence-electron chi connectivity index (χ1n) is 7.69. The van der Waals surface area contributed by atoms with Gasteiger partial charge in [0.25, 0.3) is 0 Å². The van der Waals surface area contributed by atoms with Gasteiger partial charge in [0.1, 0.15) is 0 Å². The van der Waals surface area contributed by atoms with Crippen LogP contribution in [-0.2, 0) is 4.79 Å². The number of carbonyl (C=O) groups is 1. The van der Waals surface area contributed by atoms with Crippen LogP contribution < -0.4 is 29.6 Å². The van der Waals surface area contributed by atoms with E-state index >= 15 is 0 Å². The van der Waals surface area contributed by atoms with Gasteiger partial charge in [-0.05, 0) is 12.5 Å².